The summed E-state index contributed by atoms with van der Waals surface area (Å²) in [5.41, 5.74) is 5.81. The van der Waals surface area contributed by atoms with E-state index >= 15 is 0 Å². The fraction of sp³-hybridized carbons (Fsp3) is 0.395. The summed E-state index contributed by atoms with van der Waals surface area (Å²) in [4.78, 5) is 36.7. The Hall–Kier alpha value is -3.57. The summed E-state index contributed by atoms with van der Waals surface area (Å²) in [6.07, 6.45) is 6.81. The van der Waals surface area contributed by atoms with Crippen LogP contribution in [0.5, 0.6) is 5.75 Å². The number of hydrogen-bond acceptors (Lipinski definition) is 7. The predicted molar refractivity (Wildman–Crippen MR) is 189 cm³/mol. The van der Waals surface area contributed by atoms with Gasteiger partial charge in [0.25, 0.3) is 0 Å². The molecule has 2 amide bonds. The van der Waals surface area contributed by atoms with Crippen molar-refractivity contribution in [3.05, 3.63) is 105 Å². The van der Waals surface area contributed by atoms with Crippen molar-refractivity contribution in [2.45, 2.75) is 64.0 Å². The van der Waals surface area contributed by atoms with Crippen LogP contribution in [0.1, 0.15) is 55.8 Å². The van der Waals surface area contributed by atoms with E-state index in [9.17, 15) is 19.7 Å². The van der Waals surface area contributed by atoms with Crippen LogP contribution in [0, 0.1) is 17.8 Å². The molecule has 4 atom stereocenters. The number of rotatable bonds is 8. The van der Waals surface area contributed by atoms with Crippen LogP contribution in [0.3, 0.4) is 0 Å². The maximum Gasteiger partial charge on any atom is 0.455 e. The number of likely N-dealkylation sites (tertiary alicyclic amines) is 2. The van der Waals surface area contributed by atoms with E-state index in [4.69, 9.17) is 4.65 Å². The molecule has 48 heavy (non-hydrogen) atoms. The molecule has 0 spiro atoms. The number of carbonyl (C=O) groups is 2. The highest BCUT2D eigenvalue weighted by atomic mass is 79.9. The van der Waals surface area contributed by atoms with E-state index < -0.39 is 19.1 Å². The van der Waals surface area contributed by atoms with Gasteiger partial charge in [-0.2, -0.15) is 0 Å². The zero-order valence-electron chi connectivity index (χ0n) is 27.2. The number of amides is 2. The third-order valence-corrected chi connectivity index (χ3v) is 11.1. The van der Waals surface area contributed by atoms with Crippen LogP contribution in [0.25, 0.3) is 11.6 Å². The van der Waals surface area contributed by atoms with Gasteiger partial charge in [0.15, 0.2) is 0 Å². The van der Waals surface area contributed by atoms with Crippen LogP contribution in [-0.4, -0.2) is 69.1 Å². The number of pyridine rings is 1. The number of imide groups is 1. The Morgan fingerprint density at radius 2 is 1.81 bits per heavy atom. The molecule has 4 heterocycles. The summed E-state index contributed by atoms with van der Waals surface area (Å²) in [5, 5.41) is 21.6. The molecule has 2 aromatic carbocycles. The van der Waals surface area contributed by atoms with Crippen molar-refractivity contribution < 1.29 is 24.4 Å². The molecule has 8 nitrogen and oxygen atoms in total. The lowest BCUT2D eigenvalue weighted by atomic mass is 9.58. The van der Waals surface area contributed by atoms with Gasteiger partial charge < -0.3 is 14.8 Å². The normalized spacial score (nSPS) is 25.4. The Morgan fingerprint density at radius 3 is 2.56 bits per heavy atom. The Bertz CT molecular complexity index is 1730. The predicted octanol–water partition coefficient (Wildman–Crippen LogP) is 6.35. The second-order valence-corrected chi connectivity index (χ2v) is 14.6. The Balaban J connectivity index is 1.08. The Morgan fingerprint density at radius 1 is 1.04 bits per heavy atom. The lowest BCUT2D eigenvalue weighted by Crippen LogP contribution is -2.48. The number of allylic oxidation sites excluding steroid dienone is 2. The molecule has 0 unspecified atom stereocenters. The summed E-state index contributed by atoms with van der Waals surface area (Å²) in [6, 6.07) is 21.4. The number of aromatic nitrogens is 1. The zero-order valence-corrected chi connectivity index (χ0v) is 28.8. The lowest BCUT2D eigenvalue weighted by Gasteiger charge is -2.42. The lowest BCUT2D eigenvalue weighted by molar-refractivity contribution is -0.144. The van der Waals surface area contributed by atoms with E-state index in [1.54, 1.807) is 23.2 Å². The summed E-state index contributed by atoms with van der Waals surface area (Å²) >= 11 is 3.50. The van der Waals surface area contributed by atoms with Crippen LogP contribution >= 0.6 is 15.9 Å². The number of carbonyl (C=O) groups excluding carboxylic acids is 2. The maximum absolute atomic E-state index is 14.2. The van der Waals surface area contributed by atoms with Crippen LogP contribution in [0.2, 0.25) is 6.32 Å². The maximum atomic E-state index is 14.2. The van der Waals surface area contributed by atoms with Gasteiger partial charge >= 0.3 is 7.12 Å². The molecule has 0 saturated carbocycles. The van der Waals surface area contributed by atoms with Crippen molar-refractivity contribution in [2.24, 2.45) is 17.8 Å². The number of phenolic OH excluding ortho intramolecular Hbond substituents is 1. The van der Waals surface area contributed by atoms with Gasteiger partial charge in [0.1, 0.15) is 5.75 Å². The number of fused-ring (bicyclic) bond motifs is 3. The Kier molecular flexibility index (Phi) is 9.69. The molecule has 0 radical (unpaired) electrons. The summed E-state index contributed by atoms with van der Waals surface area (Å²) in [6.45, 7) is 4.62. The molecule has 1 aromatic heterocycles. The Labute approximate surface area is 290 Å². The van der Waals surface area contributed by atoms with Crippen molar-refractivity contribution >= 4 is 46.5 Å². The smallest absolute Gasteiger partial charge is 0.455 e. The SMILES string of the molecule is CC1=C2[C@@H](CC/C(=C/c3cc(Br)ccc3O)c3ccccn3)OB(O)C[C@@H]2[C@@H]2C(=O)N(C3CCN(Cc4ccccc4)CC3)C(=O)[C@@H]2C1. The fourth-order valence-electron chi connectivity index (χ4n) is 8.42. The van der Waals surface area contributed by atoms with Gasteiger partial charge in [-0.05, 0) is 104 Å². The topological polar surface area (TPSA) is 103 Å². The van der Waals surface area contributed by atoms with Gasteiger partial charge in [-0.3, -0.25) is 24.4 Å². The second kappa shape index (κ2) is 14.1. The molecule has 1 aliphatic carbocycles. The minimum Gasteiger partial charge on any atom is -0.507 e. The van der Waals surface area contributed by atoms with E-state index in [2.05, 4.69) is 57.0 Å². The van der Waals surface area contributed by atoms with Gasteiger partial charge in [-0.15, -0.1) is 0 Å². The fourth-order valence-corrected chi connectivity index (χ4v) is 8.80. The van der Waals surface area contributed by atoms with Crippen molar-refractivity contribution in [1.82, 2.24) is 14.8 Å². The number of hydrogen-bond donors (Lipinski definition) is 2. The first-order valence-electron chi connectivity index (χ1n) is 17.0. The van der Waals surface area contributed by atoms with Crippen LogP contribution in [-0.2, 0) is 20.8 Å². The summed E-state index contributed by atoms with van der Waals surface area (Å²) < 4.78 is 7.05. The number of piperidine rings is 1. The summed E-state index contributed by atoms with van der Waals surface area (Å²) in [7, 11) is -1.02. The molecule has 10 heteroatoms. The molecule has 0 bridgehead atoms. The van der Waals surface area contributed by atoms with Gasteiger partial charge in [0.2, 0.25) is 11.8 Å². The summed E-state index contributed by atoms with van der Waals surface area (Å²) in [5.74, 6) is -1.05. The number of nitrogens with zero attached hydrogens (tertiary/aromatic N) is 3. The van der Waals surface area contributed by atoms with Crippen molar-refractivity contribution in [3.8, 4) is 5.75 Å². The average Bonchev–Trinajstić information content (AvgIpc) is 3.34. The minimum absolute atomic E-state index is 0.0448. The number of halogens is 1. The molecule has 4 aliphatic rings. The molecule has 7 rings (SSSR count). The highest BCUT2D eigenvalue weighted by molar-refractivity contribution is 9.10. The van der Waals surface area contributed by atoms with E-state index in [1.807, 2.05) is 36.4 Å². The molecule has 3 aliphatic heterocycles. The van der Waals surface area contributed by atoms with Gasteiger partial charge in [-0.1, -0.05) is 57.9 Å². The van der Waals surface area contributed by atoms with Crippen LogP contribution in [0.4, 0.5) is 0 Å². The van der Waals surface area contributed by atoms with E-state index in [0.717, 1.165) is 59.4 Å². The molecular weight excluding hydrogens is 669 g/mol. The van der Waals surface area contributed by atoms with Crippen LogP contribution < -0.4 is 0 Å². The molecular formula is C38H41BBrN3O5. The second-order valence-electron chi connectivity index (χ2n) is 13.7. The standard InChI is InChI=1S/C38H41BBrN3O5/c1-24-19-30-36(38(46)43(37(30)45)29-14-17-42(18-15-29)23-25-7-3-2-4-8-25)31-22-39(47)48-34(35(24)31)13-10-26(32-9-5-6-16-41-32)20-27-21-28(40)11-12-33(27)44/h2-9,11-12,16,20-21,29-31,34,36,44,47H,10,13-15,17-19,22-23H2,1H3/b26-20-/t30-,31+,34-,36-/m1/s1. The highest BCUT2D eigenvalue weighted by Crippen LogP contribution is 2.51. The molecule has 2 N–H and O–H groups in total. The first-order valence-corrected chi connectivity index (χ1v) is 17.8. The van der Waals surface area contributed by atoms with Crippen molar-refractivity contribution in [2.75, 3.05) is 13.1 Å². The third-order valence-electron chi connectivity index (χ3n) is 10.6. The first-order chi connectivity index (χ1) is 23.3. The minimum atomic E-state index is -1.02. The number of benzene rings is 2. The molecule has 3 saturated heterocycles. The third kappa shape index (κ3) is 6.68. The number of aromatic hydroxyl groups is 1. The van der Waals surface area contributed by atoms with Gasteiger partial charge in [0.05, 0.1) is 23.6 Å². The largest absolute Gasteiger partial charge is 0.507 e. The first kappa shape index (κ1) is 33.0. The highest BCUT2D eigenvalue weighted by Gasteiger charge is 2.58. The molecule has 248 valence electrons. The van der Waals surface area contributed by atoms with Crippen molar-refractivity contribution in [3.63, 3.8) is 0 Å². The van der Waals surface area contributed by atoms with E-state index in [1.165, 1.54) is 5.56 Å². The van der Waals surface area contributed by atoms with Gasteiger partial charge in [0, 0.05) is 41.9 Å². The zero-order chi connectivity index (χ0) is 33.4. The van der Waals surface area contributed by atoms with Crippen LogP contribution in [0.15, 0.2) is 88.5 Å². The number of phenols is 1. The van der Waals surface area contributed by atoms with Gasteiger partial charge in [-0.25, -0.2) is 0 Å². The monoisotopic (exact) mass is 709 g/mol. The van der Waals surface area contributed by atoms with E-state index in [-0.39, 0.29) is 35.4 Å². The average molecular weight is 710 g/mol. The quantitative estimate of drug-likeness (QED) is 0.160. The molecule has 3 fully saturated rings. The van der Waals surface area contributed by atoms with Crippen molar-refractivity contribution in [1.29, 1.82) is 0 Å². The van der Waals surface area contributed by atoms with E-state index in [0.29, 0.717) is 31.1 Å². The molecule has 3 aromatic rings.